The lowest BCUT2D eigenvalue weighted by atomic mass is 9.69. The minimum atomic E-state index is -4.55. The van der Waals surface area contributed by atoms with Crippen LogP contribution in [0.3, 0.4) is 0 Å². The number of carboxylic acids is 1. The van der Waals surface area contributed by atoms with Crippen LogP contribution in [0.1, 0.15) is 72.6 Å². The summed E-state index contributed by atoms with van der Waals surface area (Å²) in [5, 5.41) is 19.2. The summed E-state index contributed by atoms with van der Waals surface area (Å²) < 4.78 is 72.7. The highest BCUT2D eigenvalue weighted by molar-refractivity contribution is 8.22. The number of carboxylic acid groups (broad SMARTS) is 1. The summed E-state index contributed by atoms with van der Waals surface area (Å²) >= 11 is 0. The topological polar surface area (TPSA) is 121 Å². The monoisotopic (exact) mass is 674 g/mol. The number of nitrogens with zero attached hydrogens (tertiary/aromatic N) is 4. The van der Waals surface area contributed by atoms with E-state index in [0.717, 1.165) is 34.3 Å². The number of hydrogen-bond acceptors (Lipinski definition) is 7. The van der Waals surface area contributed by atoms with Crippen LogP contribution in [-0.2, 0) is 30.5 Å². The van der Waals surface area contributed by atoms with Crippen LogP contribution in [0.4, 0.5) is 13.2 Å². The number of fused-ring (bicyclic) bond motifs is 2. The highest BCUT2D eigenvalue weighted by Gasteiger charge is 2.41. The van der Waals surface area contributed by atoms with Gasteiger partial charge in [0.05, 0.1) is 23.0 Å². The van der Waals surface area contributed by atoms with Gasteiger partial charge in [0, 0.05) is 25.6 Å². The summed E-state index contributed by atoms with van der Waals surface area (Å²) in [5.74, 6) is -1.34. The van der Waals surface area contributed by atoms with Gasteiger partial charge in [-0.2, -0.15) is 17.5 Å². The molecule has 0 spiro atoms. The number of methoxy groups -OCH3 is 1. The standard InChI is InChI=1S/C34H41F3N4O5S/c1-8-41-31-27(46-7)16-26(21(4)30(31)38-39-41)29(33(5,6)32(42)43)22-10-9-20(3)24(14-22)18-40-17-19(2)13-23-15-25(34(35,36)37)11-12-28(23)47(40,44)45/h9-12,14-16,19,29,44-45H,8,13,17-18H2,1-7H3,(H,42,43). The van der Waals surface area contributed by atoms with Crippen molar-refractivity contribution in [3.05, 3.63) is 81.4 Å². The Bertz CT molecular complexity index is 1840. The van der Waals surface area contributed by atoms with E-state index < -0.39 is 39.8 Å². The molecule has 47 heavy (non-hydrogen) atoms. The van der Waals surface area contributed by atoms with Gasteiger partial charge in [-0.15, -0.1) is 15.9 Å². The van der Waals surface area contributed by atoms with Crippen LogP contribution < -0.4 is 4.74 Å². The molecule has 2 atom stereocenters. The number of ether oxygens (including phenoxy) is 1. The fourth-order valence-corrected chi connectivity index (χ4v) is 8.45. The summed E-state index contributed by atoms with van der Waals surface area (Å²) in [6.07, 6.45) is -4.30. The molecule has 0 radical (unpaired) electrons. The van der Waals surface area contributed by atoms with Crippen LogP contribution in [0.15, 0.2) is 47.4 Å². The van der Waals surface area contributed by atoms with Crippen molar-refractivity contribution in [1.82, 2.24) is 19.3 Å². The third-order valence-electron chi connectivity index (χ3n) is 9.33. The maximum absolute atomic E-state index is 13.5. The predicted octanol–water partition coefficient (Wildman–Crippen LogP) is 8.06. The number of hydrogen-bond donors (Lipinski definition) is 3. The van der Waals surface area contributed by atoms with E-state index in [4.69, 9.17) is 4.74 Å². The zero-order valence-electron chi connectivity index (χ0n) is 27.5. The molecular formula is C34H41F3N4O5S. The van der Waals surface area contributed by atoms with Crippen molar-refractivity contribution in [2.45, 2.75) is 78.0 Å². The van der Waals surface area contributed by atoms with E-state index in [9.17, 15) is 32.2 Å². The summed E-state index contributed by atoms with van der Waals surface area (Å²) in [6, 6.07) is 10.6. The fourth-order valence-electron chi connectivity index (χ4n) is 6.65. The van der Waals surface area contributed by atoms with Crippen molar-refractivity contribution in [2.24, 2.45) is 11.3 Å². The summed E-state index contributed by atoms with van der Waals surface area (Å²) in [7, 11) is -2.11. The van der Waals surface area contributed by atoms with Crippen LogP contribution in [0.25, 0.3) is 11.0 Å². The summed E-state index contributed by atoms with van der Waals surface area (Å²) in [4.78, 5) is 12.9. The highest BCUT2D eigenvalue weighted by Crippen LogP contribution is 2.57. The molecule has 2 heterocycles. The molecule has 5 rings (SSSR count). The molecule has 4 aromatic rings. The number of halogens is 3. The normalized spacial score (nSPS) is 18.4. The Labute approximate surface area is 273 Å². The number of alkyl halides is 3. The van der Waals surface area contributed by atoms with Gasteiger partial charge in [0.15, 0.2) is 0 Å². The van der Waals surface area contributed by atoms with Gasteiger partial charge in [-0.25, -0.2) is 4.68 Å². The molecule has 0 amide bonds. The van der Waals surface area contributed by atoms with Gasteiger partial charge >= 0.3 is 12.1 Å². The highest BCUT2D eigenvalue weighted by atomic mass is 32.3. The smallest absolute Gasteiger partial charge is 0.416 e. The number of aryl methyl sites for hydroxylation is 3. The number of benzene rings is 3. The third-order valence-corrected chi connectivity index (χ3v) is 11.3. The van der Waals surface area contributed by atoms with Gasteiger partial charge in [0.25, 0.3) is 0 Å². The molecule has 1 aliphatic heterocycles. The average Bonchev–Trinajstić information content (AvgIpc) is 3.40. The summed E-state index contributed by atoms with van der Waals surface area (Å²) in [5.41, 5.74) is 3.22. The molecule has 9 nitrogen and oxygen atoms in total. The molecule has 0 saturated carbocycles. The first-order valence-electron chi connectivity index (χ1n) is 15.4. The first-order valence-corrected chi connectivity index (χ1v) is 16.9. The van der Waals surface area contributed by atoms with E-state index in [-0.39, 0.29) is 35.9 Å². The lowest BCUT2D eigenvalue weighted by molar-refractivity contribution is -0.147. The van der Waals surface area contributed by atoms with Crippen molar-refractivity contribution in [2.75, 3.05) is 13.7 Å². The van der Waals surface area contributed by atoms with E-state index in [0.29, 0.717) is 28.9 Å². The van der Waals surface area contributed by atoms with Crippen LogP contribution in [-0.4, -0.2) is 53.1 Å². The first-order chi connectivity index (χ1) is 21.9. The van der Waals surface area contributed by atoms with Crippen LogP contribution in [0.2, 0.25) is 0 Å². The van der Waals surface area contributed by atoms with Crippen molar-refractivity contribution < 1.29 is 36.9 Å². The molecule has 0 bridgehead atoms. The fraction of sp³-hybridized carbons (Fsp3) is 0.441. The molecule has 3 N–H and O–H groups in total. The Balaban J connectivity index is 1.62. The molecule has 1 aliphatic rings. The van der Waals surface area contributed by atoms with Gasteiger partial charge in [-0.1, -0.05) is 30.3 Å². The first kappa shape index (κ1) is 34.7. The van der Waals surface area contributed by atoms with E-state index in [1.54, 1.807) is 25.6 Å². The molecular weight excluding hydrogens is 633 g/mol. The second-order valence-electron chi connectivity index (χ2n) is 13.0. The number of aromatic nitrogens is 3. The quantitative estimate of drug-likeness (QED) is 0.172. The lowest BCUT2D eigenvalue weighted by Gasteiger charge is -2.43. The Morgan fingerprint density at radius 3 is 2.45 bits per heavy atom. The molecule has 2 unspecified atom stereocenters. The predicted molar refractivity (Wildman–Crippen MR) is 175 cm³/mol. The van der Waals surface area contributed by atoms with Crippen LogP contribution in [0.5, 0.6) is 5.75 Å². The molecule has 1 aromatic heterocycles. The molecule has 13 heteroatoms. The lowest BCUT2D eigenvalue weighted by Crippen LogP contribution is -2.33. The molecule has 0 saturated heterocycles. The van der Waals surface area contributed by atoms with Crippen molar-refractivity contribution >= 4 is 27.8 Å². The van der Waals surface area contributed by atoms with E-state index in [1.165, 1.54) is 10.4 Å². The average molecular weight is 675 g/mol. The van der Waals surface area contributed by atoms with Crippen molar-refractivity contribution in [1.29, 1.82) is 0 Å². The van der Waals surface area contributed by atoms with Crippen molar-refractivity contribution in [3.8, 4) is 5.75 Å². The Morgan fingerprint density at radius 2 is 1.83 bits per heavy atom. The third kappa shape index (κ3) is 6.21. The Morgan fingerprint density at radius 1 is 1.13 bits per heavy atom. The van der Waals surface area contributed by atoms with Crippen LogP contribution >= 0.6 is 10.8 Å². The number of aliphatic carboxylic acids is 1. The zero-order valence-corrected chi connectivity index (χ0v) is 28.3. The summed E-state index contributed by atoms with van der Waals surface area (Å²) in [6.45, 7) is 11.8. The maximum atomic E-state index is 13.5. The molecule has 3 aromatic carbocycles. The zero-order chi connectivity index (χ0) is 34.6. The van der Waals surface area contributed by atoms with Gasteiger partial charge < -0.3 is 9.84 Å². The minimum Gasteiger partial charge on any atom is -0.494 e. The maximum Gasteiger partial charge on any atom is 0.416 e. The second kappa shape index (κ2) is 12.4. The molecule has 0 aliphatic carbocycles. The van der Waals surface area contributed by atoms with Gasteiger partial charge in [0.2, 0.25) is 0 Å². The van der Waals surface area contributed by atoms with Gasteiger partial charge in [-0.3, -0.25) is 13.9 Å². The minimum absolute atomic E-state index is 0.0825. The largest absolute Gasteiger partial charge is 0.494 e. The van der Waals surface area contributed by atoms with Gasteiger partial charge in [0.1, 0.15) is 16.8 Å². The number of carbonyl (C=O) groups is 1. The van der Waals surface area contributed by atoms with E-state index >= 15 is 0 Å². The second-order valence-corrected chi connectivity index (χ2v) is 15.0. The van der Waals surface area contributed by atoms with Crippen LogP contribution in [0, 0.1) is 25.2 Å². The van der Waals surface area contributed by atoms with E-state index in [2.05, 4.69) is 10.3 Å². The molecule has 254 valence electrons. The van der Waals surface area contributed by atoms with Crippen molar-refractivity contribution in [3.63, 3.8) is 0 Å². The molecule has 0 fully saturated rings. The Hall–Kier alpha value is -3.65. The number of rotatable bonds is 8. The van der Waals surface area contributed by atoms with E-state index in [1.807, 2.05) is 52.0 Å². The SMILES string of the molecule is CCn1nnc2c(C)c(C(c3ccc(C)c(CN4CC(C)Cc5cc(C(F)(F)F)ccc5S4(O)O)c3)C(C)(C)C(=O)O)cc(OC)c21. The Kier molecular flexibility index (Phi) is 9.17. The van der Waals surface area contributed by atoms with Gasteiger partial charge in [-0.05, 0) is 105 Å².